The van der Waals surface area contributed by atoms with Crippen LogP contribution in [0, 0.1) is 0 Å². The van der Waals surface area contributed by atoms with E-state index in [2.05, 4.69) is 0 Å². The molecule has 0 saturated carbocycles. The third kappa shape index (κ3) is 2.63. The zero-order valence-electron chi connectivity index (χ0n) is 11.4. The summed E-state index contributed by atoms with van der Waals surface area (Å²) in [4.78, 5) is 23.6. The van der Waals surface area contributed by atoms with Gasteiger partial charge in [0.25, 0.3) is 0 Å². The summed E-state index contributed by atoms with van der Waals surface area (Å²) in [7, 11) is 0. The number of carbonyl (C=O) groups excluding carboxylic acids is 2. The van der Waals surface area contributed by atoms with Crippen LogP contribution in [-0.4, -0.2) is 22.5 Å². The standard InChI is InChI=1S/C14H20O4/c1-5-7-10(15)12-11(16)8-14(4,9(3)6-2)18-13(12)17/h6,16H,5,7-8H2,1-4H3/b9-6-. The number of carbonyl (C=O) groups is 2. The number of aliphatic hydroxyl groups excluding tert-OH is 1. The lowest BCUT2D eigenvalue weighted by atomic mass is 9.87. The van der Waals surface area contributed by atoms with Crippen molar-refractivity contribution in [2.24, 2.45) is 0 Å². The van der Waals surface area contributed by atoms with Crippen LogP contribution in [0.1, 0.15) is 47.0 Å². The summed E-state index contributed by atoms with van der Waals surface area (Å²) in [5.41, 5.74) is -0.186. The summed E-state index contributed by atoms with van der Waals surface area (Å²) >= 11 is 0. The van der Waals surface area contributed by atoms with Crippen LogP contribution < -0.4 is 0 Å². The maximum Gasteiger partial charge on any atom is 0.346 e. The molecule has 100 valence electrons. The van der Waals surface area contributed by atoms with E-state index in [4.69, 9.17) is 4.74 Å². The first-order valence-corrected chi connectivity index (χ1v) is 6.17. The van der Waals surface area contributed by atoms with Gasteiger partial charge in [-0.05, 0) is 32.8 Å². The van der Waals surface area contributed by atoms with Crippen molar-refractivity contribution in [3.63, 3.8) is 0 Å². The Kier molecular flexibility index (Phi) is 4.33. The van der Waals surface area contributed by atoms with Gasteiger partial charge in [-0.1, -0.05) is 13.0 Å². The van der Waals surface area contributed by atoms with Gasteiger partial charge < -0.3 is 9.84 Å². The molecular weight excluding hydrogens is 232 g/mol. The number of allylic oxidation sites excluding steroid dienone is 1. The molecule has 4 heteroatoms. The molecule has 0 saturated heterocycles. The summed E-state index contributed by atoms with van der Waals surface area (Å²) in [5, 5.41) is 9.95. The Bertz CT molecular complexity index is 431. The van der Waals surface area contributed by atoms with Gasteiger partial charge in [0.15, 0.2) is 5.78 Å². The van der Waals surface area contributed by atoms with E-state index in [-0.39, 0.29) is 30.0 Å². The normalized spacial score (nSPS) is 25.1. The minimum atomic E-state index is -0.855. The van der Waals surface area contributed by atoms with E-state index in [1.165, 1.54) is 0 Å². The van der Waals surface area contributed by atoms with Gasteiger partial charge in [-0.25, -0.2) is 4.79 Å². The molecule has 1 rings (SSSR count). The summed E-state index contributed by atoms with van der Waals surface area (Å²) in [5.74, 6) is -1.23. The monoisotopic (exact) mass is 252 g/mol. The Morgan fingerprint density at radius 1 is 1.56 bits per heavy atom. The lowest BCUT2D eigenvalue weighted by Crippen LogP contribution is -2.40. The zero-order chi connectivity index (χ0) is 13.9. The van der Waals surface area contributed by atoms with Crippen molar-refractivity contribution in [1.29, 1.82) is 0 Å². The minimum absolute atomic E-state index is 0.152. The Morgan fingerprint density at radius 3 is 2.61 bits per heavy atom. The van der Waals surface area contributed by atoms with E-state index in [9.17, 15) is 14.7 Å². The number of hydrogen-bond acceptors (Lipinski definition) is 4. The predicted octanol–water partition coefficient (Wildman–Crippen LogP) is 2.84. The van der Waals surface area contributed by atoms with Crippen molar-refractivity contribution < 1.29 is 19.4 Å². The Labute approximate surface area is 107 Å². The first kappa shape index (κ1) is 14.5. The maximum atomic E-state index is 11.9. The second kappa shape index (κ2) is 5.38. The second-order valence-electron chi connectivity index (χ2n) is 4.76. The van der Waals surface area contributed by atoms with Crippen molar-refractivity contribution >= 4 is 11.8 Å². The van der Waals surface area contributed by atoms with Gasteiger partial charge >= 0.3 is 5.97 Å². The molecule has 0 aromatic heterocycles. The average molecular weight is 252 g/mol. The molecule has 0 aliphatic carbocycles. The number of rotatable bonds is 4. The minimum Gasteiger partial charge on any atom is -0.511 e. The van der Waals surface area contributed by atoms with E-state index in [1.807, 2.05) is 26.8 Å². The number of esters is 1. The lowest BCUT2D eigenvalue weighted by Gasteiger charge is -2.34. The number of ether oxygens (including phenoxy) is 1. The fourth-order valence-electron chi connectivity index (χ4n) is 1.97. The van der Waals surface area contributed by atoms with Gasteiger partial charge in [0, 0.05) is 12.8 Å². The zero-order valence-corrected chi connectivity index (χ0v) is 11.4. The van der Waals surface area contributed by atoms with Crippen LogP contribution in [-0.2, 0) is 14.3 Å². The van der Waals surface area contributed by atoms with E-state index >= 15 is 0 Å². The van der Waals surface area contributed by atoms with Gasteiger partial charge in [0.2, 0.25) is 0 Å². The first-order valence-electron chi connectivity index (χ1n) is 6.17. The van der Waals surface area contributed by atoms with Crippen LogP contribution in [0.15, 0.2) is 23.0 Å². The van der Waals surface area contributed by atoms with E-state index < -0.39 is 11.6 Å². The number of hydrogen-bond donors (Lipinski definition) is 1. The molecular formula is C14H20O4. The molecule has 0 spiro atoms. The molecule has 0 aromatic carbocycles. The molecule has 1 atom stereocenters. The Hall–Kier alpha value is -1.58. The third-order valence-electron chi connectivity index (χ3n) is 3.34. The highest BCUT2D eigenvalue weighted by Crippen LogP contribution is 2.34. The highest BCUT2D eigenvalue weighted by atomic mass is 16.6. The number of aliphatic hydroxyl groups is 1. The fourth-order valence-corrected chi connectivity index (χ4v) is 1.97. The third-order valence-corrected chi connectivity index (χ3v) is 3.34. The summed E-state index contributed by atoms with van der Waals surface area (Å²) in [6.45, 7) is 7.25. The predicted molar refractivity (Wildman–Crippen MR) is 68.1 cm³/mol. The Morgan fingerprint density at radius 2 is 2.17 bits per heavy atom. The second-order valence-corrected chi connectivity index (χ2v) is 4.76. The first-order chi connectivity index (χ1) is 8.35. The van der Waals surface area contributed by atoms with Crippen LogP contribution in [0.5, 0.6) is 0 Å². The largest absolute Gasteiger partial charge is 0.511 e. The van der Waals surface area contributed by atoms with Crippen LogP contribution in [0.2, 0.25) is 0 Å². The lowest BCUT2D eigenvalue weighted by molar-refractivity contribution is -0.154. The van der Waals surface area contributed by atoms with Crippen LogP contribution >= 0.6 is 0 Å². The van der Waals surface area contributed by atoms with E-state index in [0.717, 1.165) is 5.57 Å². The average Bonchev–Trinajstić information content (AvgIpc) is 2.26. The molecule has 1 heterocycles. The van der Waals surface area contributed by atoms with Crippen molar-refractivity contribution in [2.45, 2.75) is 52.6 Å². The molecule has 4 nitrogen and oxygen atoms in total. The highest BCUT2D eigenvalue weighted by molar-refractivity contribution is 6.18. The number of Topliss-reactive ketones (excluding diaryl/α,β-unsaturated/α-hetero) is 1. The van der Waals surface area contributed by atoms with E-state index in [0.29, 0.717) is 6.42 Å². The molecule has 0 amide bonds. The van der Waals surface area contributed by atoms with Gasteiger partial charge in [-0.2, -0.15) is 0 Å². The van der Waals surface area contributed by atoms with Crippen LogP contribution in [0.25, 0.3) is 0 Å². The number of ketones is 1. The van der Waals surface area contributed by atoms with Gasteiger partial charge in [0.1, 0.15) is 16.9 Å². The van der Waals surface area contributed by atoms with Crippen LogP contribution in [0.3, 0.4) is 0 Å². The van der Waals surface area contributed by atoms with Crippen molar-refractivity contribution in [1.82, 2.24) is 0 Å². The van der Waals surface area contributed by atoms with E-state index in [1.54, 1.807) is 6.92 Å². The topological polar surface area (TPSA) is 63.6 Å². The van der Waals surface area contributed by atoms with Crippen molar-refractivity contribution in [3.8, 4) is 0 Å². The molecule has 1 aliphatic rings. The molecule has 18 heavy (non-hydrogen) atoms. The molecule has 0 fully saturated rings. The highest BCUT2D eigenvalue weighted by Gasteiger charge is 2.41. The van der Waals surface area contributed by atoms with Gasteiger partial charge in [-0.15, -0.1) is 0 Å². The Balaban J connectivity index is 3.09. The maximum absolute atomic E-state index is 11.9. The quantitative estimate of drug-likeness (QED) is 0.474. The number of cyclic esters (lactones) is 1. The van der Waals surface area contributed by atoms with Crippen molar-refractivity contribution in [2.75, 3.05) is 0 Å². The summed E-state index contributed by atoms with van der Waals surface area (Å²) < 4.78 is 5.33. The van der Waals surface area contributed by atoms with Gasteiger partial charge in [-0.3, -0.25) is 4.79 Å². The summed E-state index contributed by atoms with van der Waals surface area (Å²) in [6.07, 6.45) is 2.86. The van der Waals surface area contributed by atoms with Crippen LogP contribution in [0.4, 0.5) is 0 Å². The fraction of sp³-hybridized carbons (Fsp3) is 0.571. The SMILES string of the molecule is C/C=C(/C)C1(C)CC(O)=C(C(=O)CCC)C(=O)O1. The molecule has 1 N–H and O–H groups in total. The van der Waals surface area contributed by atoms with Gasteiger partial charge in [0.05, 0.1) is 0 Å². The molecule has 1 unspecified atom stereocenters. The summed E-state index contributed by atoms with van der Waals surface area (Å²) in [6, 6.07) is 0. The smallest absolute Gasteiger partial charge is 0.346 e. The molecule has 1 aliphatic heterocycles. The van der Waals surface area contributed by atoms with Crippen molar-refractivity contribution in [3.05, 3.63) is 23.0 Å². The molecule has 0 bridgehead atoms. The molecule has 0 aromatic rings. The molecule has 0 radical (unpaired) electrons.